The average molecular weight is 415 g/mol. The molecule has 0 saturated heterocycles. The average Bonchev–Trinajstić information content (AvgIpc) is 2.49. The quantitative estimate of drug-likeness (QED) is 0.773. The molecule has 1 heterocycles. The van der Waals surface area contributed by atoms with Crippen molar-refractivity contribution in [1.82, 2.24) is 4.57 Å². The molecular weight excluding hydrogens is 402 g/mol. The van der Waals surface area contributed by atoms with Crippen molar-refractivity contribution in [2.45, 2.75) is 18.3 Å². The maximum absolute atomic E-state index is 12.4. The molecule has 1 aromatic heterocycles. The maximum atomic E-state index is 12.4. The molecule has 21 heavy (non-hydrogen) atoms. The Balaban J connectivity index is 2.73. The van der Waals surface area contributed by atoms with Crippen molar-refractivity contribution in [3.05, 3.63) is 68.0 Å². The second-order valence-electron chi connectivity index (χ2n) is 4.55. The molecule has 2 rings (SSSR count). The molecule has 1 atom stereocenters. The standard InChI is InChI=1S/C15H13Br2NO3/c1-9(10-5-3-2-4-6-10)18-13(8-16)11(15(20)21)7-12(17)14(18)19/h2-7,9H,8H2,1H3,(H,20,21)/t9-/m1/s1. The number of aromatic carboxylic acids is 1. The van der Waals surface area contributed by atoms with Crippen molar-refractivity contribution in [2.75, 3.05) is 0 Å². The summed E-state index contributed by atoms with van der Waals surface area (Å²) in [6.07, 6.45) is 0. The van der Waals surface area contributed by atoms with E-state index in [2.05, 4.69) is 31.9 Å². The number of hydrogen-bond donors (Lipinski definition) is 1. The van der Waals surface area contributed by atoms with Crippen molar-refractivity contribution < 1.29 is 9.90 Å². The highest BCUT2D eigenvalue weighted by atomic mass is 79.9. The Bertz CT molecular complexity index is 726. The number of carbonyl (C=O) groups is 1. The fourth-order valence-electron chi connectivity index (χ4n) is 2.25. The van der Waals surface area contributed by atoms with Crippen LogP contribution in [0.1, 0.15) is 34.6 Å². The van der Waals surface area contributed by atoms with Gasteiger partial charge in [0.2, 0.25) is 0 Å². The van der Waals surface area contributed by atoms with E-state index in [0.29, 0.717) is 5.69 Å². The number of halogens is 2. The van der Waals surface area contributed by atoms with Gasteiger partial charge >= 0.3 is 5.97 Å². The lowest BCUT2D eigenvalue weighted by Crippen LogP contribution is -2.29. The Morgan fingerprint density at radius 1 is 1.33 bits per heavy atom. The largest absolute Gasteiger partial charge is 0.478 e. The van der Waals surface area contributed by atoms with Gasteiger partial charge in [0.1, 0.15) is 0 Å². The van der Waals surface area contributed by atoms with Gasteiger partial charge in [-0.25, -0.2) is 4.79 Å². The van der Waals surface area contributed by atoms with Crippen LogP contribution in [0.4, 0.5) is 0 Å². The van der Waals surface area contributed by atoms with Crippen LogP contribution in [0.25, 0.3) is 0 Å². The third-order valence-electron chi connectivity index (χ3n) is 3.32. The summed E-state index contributed by atoms with van der Waals surface area (Å²) in [5.41, 5.74) is 1.26. The predicted octanol–water partition coefficient (Wildman–Crippen LogP) is 3.81. The van der Waals surface area contributed by atoms with Crippen molar-refractivity contribution in [1.29, 1.82) is 0 Å². The minimum atomic E-state index is -1.06. The van der Waals surface area contributed by atoms with Crippen LogP contribution in [0, 0.1) is 0 Å². The van der Waals surface area contributed by atoms with Crippen LogP contribution in [0.5, 0.6) is 0 Å². The van der Waals surface area contributed by atoms with Crippen LogP contribution in [0.3, 0.4) is 0 Å². The van der Waals surface area contributed by atoms with Crippen molar-refractivity contribution in [3.63, 3.8) is 0 Å². The van der Waals surface area contributed by atoms with Gasteiger partial charge in [0.15, 0.2) is 0 Å². The number of rotatable bonds is 4. The summed E-state index contributed by atoms with van der Waals surface area (Å²) in [7, 11) is 0. The molecule has 0 saturated carbocycles. The van der Waals surface area contributed by atoms with Gasteiger partial charge in [-0.2, -0.15) is 0 Å². The van der Waals surface area contributed by atoms with E-state index in [9.17, 15) is 14.7 Å². The molecule has 0 amide bonds. The third kappa shape index (κ3) is 3.11. The summed E-state index contributed by atoms with van der Waals surface area (Å²) < 4.78 is 1.75. The zero-order valence-electron chi connectivity index (χ0n) is 11.2. The lowest BCUT2D eigenvalue weighted by molar-refractivity contribution is 0.0694. The molecular formula is C15H13Br2NO3. The topological polar surface area (TPSA) is 59.3 Å². The van der Waals surface area contributed by atoms with Crippen molar-refractivity contribution >= 4 is 37.8 Å². The number of aromatic nitrogens is 1. The summed E-state index contributed by atoms with van der Waals surface area (Å²) >= 11 is 6.45. The lowest BCUT2D eigenvalue weighted by atomic mass is 10.1. The van der Waals surface area contributed by atoms with Crippen LogP contribution < -0.4 is 5.56 Å². The molecule has 0 fully saturated rings. The number of alkyl halides is 1. The monoisotopic (exact) mass is 413 g/mol. The molecule has 4 nitrogen and oxygen atoms in total. The van der Waals surface area contributed by atoms with E-state index < -0.39 is 5.97 Å². The maximum Gasteiger partial charge on any atom is 0.337 e. The molecule has 0 unspecified atom stereocenters. The third-order valence-corrected chi connectivity index (χ3v) is 4.42. The molecule has 0 aliphatic rings. The van der Waals surface area contributed by atoms with Crippen molar-refractivity contribution in [2.24, 2.45) is 0 Å². The second-order valence-corrected chi connectivity index (χ2v) is 5.97. The fraction of sp³-hybridized carbons (Fsp3) is 0.200. The highest BCUT2D eigenvalue weighted by molar-refractivity contribution is 9.10. The van der Waals surface area contributed by atoms with Gasteiger partial charge in [0.25, 0.3) is 5.56 Å². The van der Waals surface area contributed by atoms with E-state index in [0.717, 1.165) is 5.56 Å². The van der Waals surface area contributed by atoms with E-state index in [4.69, 9.17) is 0 Å². The highest BCUT2D eigenvalue weighted by Crippen LogP contribution is 2.23. The number of pyridine rings is 1. The minimum Gasteiger partial charge on any atom is -0.478 e. The number of benzene rings is 1. The summed E-state index contributed by atoms with van der Waals surface area (Å²) in [6, 6.07) is 10.6. The number of nitrogens with zero attached hydrogens (tertiary/aromatic N) is 1. The predicted molar refractivity (Wildman–Crippen MR) is 88.2 cm³/mol. The molecule has 0 radical (unpaired) electrons. The molecule has 0 aliphatic carbocycles. The summed E-state index contributed by atoms with van der Waals surface area (Å²) in [4.78, 5) is 23.8. The first-order valence-corrected chi connectivity index (χ1v) is 8.17. The van der Waals surface area contributed by atoms with Gasteiger partial charge in [-0.15, -0.1) is 0 Å². The van der Waals surface area contributed by atoms with Crippen LogP contribution in [-0.2, 0) is 5.33 Å². The van der Waals surface area contributed by atoms with Gasteiger partial charge in [0, 0.05) is 11.0 Å². The Hall–Kier alpha value is -1.40. The summed E-state index contributed by atoms with van der Waals surface area (Å²) in [5.74, 6) is -1.06. The first kappa shape index (κ1) is 16.0. The molecule has 6 heteroatoms. The minimum absolute atomic E-state index is 0.112. The molecule has 0 spiro atoms. The zero-order chi connectivity index (χ0) is 15.6. The van der Waals surface area contributed by atoms with Crippen LogP contribution >= 0.6 is 31.9 Å². The first-order chi connectivity index (χ1) is 9.97. The van der Waals surface area contributed by atoms with E-state index in [-0.39, 0.29) is 27.0 Å². The summed E-state index contributed by atoms with van der Waals surface area (Å²) in [6.45, 7) is 1.88. The van der Waals surface area contributed by atoms with Gasteiger partial charge in [-0.05, 0) is 34.5 Å². The van der Waals surface area contributed by atoms with E-state index in [1.54, 1.807) is 0 Å². The van der Waals surface area contributed by atoms with Crippen LogP contribution in [0.15, 0.2) is 45.7 Å². The highest BCUT2D eigenvalue weighted by Gasteiger charge is 2.21. The Labute approximate surface area is 138 Å². The van der Waals surface area contributed by atoms with Crippen LogP contribution in [0.2, 0.25) is 0 Å². The fourth-order valence-corrected chi connectivity index (χ4v) is 3.24. The molecule has 110 valence electrons. The Kier molecular flexibility index (Phi) is 5.00. The molecule has 0 aliphatic heterocycles. The van der Waals surface area contributed by atoms with E-state index >= 15 is 0 Å². The van der Waals surface area contributed by atoms with Gasteiger partial charge in [-0.1, -0.05) is 46.3 Å². The molecule has 1 N–H and O–H groups in total. The van der Waals surface area contributed by atoms with Crippen LogP contribution in [-0.4, -0.2) is 15.6 Å². The normalized spacial score (nSPS) is 12.1. The van der Waals surface area contributed by atoms with E-state index in [1.165, 1.54) is 10.6 Å². The van der Waals surface area contributed by atoms with Gasteiger partial charge < -0.3 is 9.67 Å². The number of hydrogen-bond acceptors (Lipinski definition) is 2. The first-order valence-electron chi connectivity index (χ1n) is 6.25. The zero-order valence-corrected chi connectivity index (χ0v) is 14.4. The van der Waals surface area contributed by atoms with Gasteiger partial charge in [-0.3, -0.25) is 4.79 Å². The van der Waals surface area contributed by atoms with Crippen molar-refractivity contribution in [3.8, 4) is 0 Å². The van der Waals surface area contributed by atoms with Gasteiger partial charge in [0.05, 0.1) is 16.1 Å². The smallest absolute Gasteiger partial charge is 0.337 e. The SMILES string of the molecule is C[C@H](c1ccccc1)n1c(CBr)c(C(=O)O)cc(Br)c1=O. The summed E-state index contributed by atoms with van der Waals surface area (Å²) in [5, 5.41) is 9.62. The van der Waals surface area contributed by atoms with E-state index in [1.807, 2.05) is 37.3 Å². The Morgan fingerprint density at radius 3 is 2.48 bits per heavy atom. The molecule has 2 aromatic rings. The number of carboxylic acid groups (broad SMARTS) is 1. The number of carboxylic acids is 1. The lowest BCUT2D eigenvalue weighted by Gasteiger charge is -2.21. The molecule has 1 aromatic carbocycles. The second kappa shape index (κ2) is 6.58. The Morgan fingerprint density at radius 2 is 1.95 bits per heavy atom. The molecule has 0 bridgehead atoms.